The number of alkyl carbamates (subject to hydrolysis) is 2. The number of ether oxygens (including phenoxy) is 2. The minimum Gasteiger partial charge on any atom is -0.492 e. The van der Waals surface area contributed by atoms with Gasteiger partial charge in [-0.15, -0.1) is 9.46 Å². The van der Waals surface area contributed by atoms with Gasteiger partial charge in [-0.2, -0.15) is 0 Å². The Kier molecular flexibility index (Phi) is 16.1. The number of nitrogens with one attached hydrogen (secondary N) is 2. The van der Waals surface area contributed by atoms with E-state index in [1.165, 1.54) is 4.90 Å². The molecule has 2 heterocycles. The van der Waals surface area contributed by atoms with E-state index in [1.54, 1.807) is 41.5 Å². The van der Waals surface area contributed by atoms with Crippen LogP contribution in [0.25, 0.3) is 0 Å². The molecule has 0 radical (unpaired) electrons. The number of aromatic nitrogens is 2. The number of rotatable bonds is 18. The molecule has 0 aromatic carbocycles. The molecule has 2 rings (SSSR count). The summed E-state index contributed by atoms with van der Waals surface area (Å²) < 4.78 is 11.2. The first kappa shape index (κ1) is 43.3. The van der Waals surface area contributed by atoms with Crippen molar-refractivity contribution >= 4 is 35.9 Å². The van der Waals surface area contributed by atoms with Gasteiger partial charge in [0.15, 0.2) is 0 Å². The van der Waals surface area contributed by atoms with Gasteiger partial charge in [0.1, 0.15) is 24.3 Å². The number of hydrogen-bond donors (Lipinski definition) is 6. The molecule has 0 aliphatic carbocycles. The second-order valence-electron chi connectivity index (χ2n) is 13.7. The lowest BCUT2D eigenvalue weighted by Crippen LogP contribution is -2.43. The molecule has 20 heteroatoms. The van der Waals surface area contributed by atoms with E-state index in [9.17, 15) is 49.2 Å². The molecule has 0 aliphatic heterocycles. The largest absolute Gasteiger partial charge is 0.492 e. The van der Waals surface area contributed by atoms with Gasteiger partial charge in [-0.3, -0.25) is 9.59 Å². The molecule has 2 aromatic heterocycles. The average Bonchev–Trinajstić information content (AvgIpc) is 3.52. The standard InChI is InChI=1S/C33H50N6O14/c1-32(2,3)50-30(48)34-16-8-18-36(19-9-17-35-31(49)51-33(4,5)6)22(40)10-7-11-23(41)37(20-28(46)52-38-24(42)12-13-25(38)43)21-29(47)53-39-26(44)14-15-27(39)45/h12-15,42-45H,7-11,16-21H2,1-6H3,(H,34,48)(H,35,49). The first-order chi connectivity index (χ1) is 24.6. The van der Waals surface area contributed by atoms with Crippen LogP contribution in [0.5, 0.6) is 23.5 Å². The van der Waals surface area contributed by atoms with E-state index in [0.717, 1.165) is 29.2 Å². The van der Waals surface area contributed by atoms with E-state index in [1.807, 2.05) is 0 Å². The molecule has 0 atom stereocenters. The number of aromatic hydroxyl groups is 4. The van der Waals surface area contributed by atoms with Crippen molar-refractivity contribution in [1.82, 2.24) is 29.9 Å². The Balaban J connectivity index is 2.05. The van der Waals surface area contributed by atoms with Crippen LogP contribution in [0.3, 0.4) is 0 Å². The summed E-state index contributed by atoms with van der Waals surface area (Å²) in [4.78, 5) is 87.9. The zero-order valence-electron chi connectivity index (χ0n) is 30.7. The maximum absolute atomic E-state index is 13.3. The fourth-order valence-electron chi connectivity index (χ4n) is 4.41. The third kappa shape index (κ3) is 16.4. The summed E-state index contributed by atoms with van der Waals surface area (Å²) >= 11 is 0. The van der Waals surface area contributed by atoms with Gasteiger partial charge in [0, 0.05) is 63.3 Å². The molecule has 0 unspecified atom stereocenters. The smallest absolute Gasteiger partial charge is 0.407 e. The van der Waals surface area contributed by atoms with E-state index in [0.29, 0.717) is 22.3 Å². The fourth-order valence-corrected chi connectivity index (χ4v) is 4.41. The highest BCUT2D eigenvalue weighted by Gasteiger charge is 2.26. The second-order valence-corrected chi connectivity index (χ2v) is 13.7. The Labute approximate surface area is 306 Å². The summed E-state index contributed by atoms with van der Waals surface area (Å²) in [5, 5.41) is 44.4. The van der Waals surface area contributed by atoms with Crippen LogP contribution in [0.15, 0.2) is 24.3 Å². The third-order valence-electron chi connectivity index (χ3n) is 6.65. The minimum absolute atomic E-state index is 0.0283. The molecular weight excluding hydrogens is 704 g/mol. The Bertz CT molecular complexity index is 1440. The highest BCUT2D eigenvalue weighted by molar-refractivity contribution is 5.86. The zero-order chi connectivity index (χ0) is 39.9. The van der Waals surface area contributed by atoms with Crippen LogP contribution in [0.2, 0.25) is 0 Å². The van der Waals surface area contributed by atoms with Crippen LogP contribution < -0.4 is 20.3 Å². The number of carbonyl (C=O) groups excluding carboxylic acids is 6. The highest BCUT2D eigenvalue weighted by Crippen LogP contribution is 2.20. The molecule has 6 N–H and O–H groups in total. The van der Waals surface area contributed by atoms with Gasteiger partial charge in [-0.1, -0.05) is 0 Å². The van der Waals surface area contributed by atoms with Crippen molar-refractivity contribution < 1.29 is 68.3 Å². The molecule has 0 fully saturated rings. The van der Waals surface area contributed by atoms with Gasteiger partial charge >= 0.3 is 24.1 Å². The molecule has 0 aliphatic rings. The molecule has 0 saturated heterocycles. The molecule has 20 nitrogen and oxygen atoms in total. The maximum atomic E-state index is 13.3. The average molecular weight is 755 g/mol. The first-order valence-corrected chi connectivity index (χ1v) is 16.8. The van der Waals surface area contributed by atoms with Crippen molar-refractivity contribution in [2.75, 3.05) is 39.3 Å². The van der Waals surface area contributed by atoms with Gasteiger partial charge in [-0.05, 0) is 60.8 Å². The van der Waals surface area contributed by atoms with E-state index >= 15 is 0 Å². The highest BCUT2D eigenvalue weighted by atomic mass is 16.7. The zero-order valence-corrected chi connectivity index (χ0v) is 30.7. The van der Waals surface area contributed by atoms with Crippen molar-refractivity contribution in [1.29, 1.82) is 0 Å². The van der Waals surface area contributed by atoms with Gasteiger partial charge < -0.3 is 60.0 Å². The van der Waals surface area contributed by atoms with Crippen LogP contribution in [0.1, 0.15) is 73.6 Å². The molecule has 0 spiro atoms. The number of carbonyl (C=O) groups is 6. The normalized spacial score (nSPS) is 11.3. The van der Waals surface area contributed by atoms with Gasteiger partial charge in [0.25, 0.3) is 0 Å². The van der Waals surface area contributed by atoms with Crippen molar-refractivity contribution in [2.24, 2.45) is 0 Å². The van der Waals surface area contributed by atoms with Crippen LogP contribution in [-0.4, -0.2) is 126 Å². The molecule has 296 valence electrons. The Morgan fingerprint density at radius 1 is 0.585 bits per heavy atom. The van der Waals surface area contributed by atoms with Crippen LogP contribution in [-0.2, 0) is 28.7 Å². The quantitative estimate of drug-likeness (QED) is 0.118. The van der Waals surface area contributed by atoms with Crippen molar-refractivity contribution in [3.05, 3.63) is 24.3 Å². The van der Waals surface area contributed by atoms with Crippen LogP contribution in [0, 0.1) is 0 Å². The SMILES string of the molecule is CC(C)(C)OC(=O)NCCCN(CCCNC(=O)OC(C)(C)C)C(=O)CCCC(=O)N(CC(=O)On1c(O)ccc1O)CC(=O)On1c(O)ccc1O. The molecular formula is C33H50N6O14. The summed E-state index contributed by atoms with van der Waals surface area (Å²) in [6.07, 6.45) is -1.00. The van der Waals surface area contributed by atoms with E-state index in [4.69, 9.17) is 19.1 Å². The lowest BCUT2D eigenvalue weighted by Gasteiger charge is -2.24. The number of nitrogens with zero attached hydrogens (tertiary/aromatic N) is 4. The first-order valence-electron chi connectivity index (χ1n) is 16.8. The second kappa shape index (κ2) is 19.7. The van der Waals surface area contributed by atoms with E-state index in [-0.39, 0.29) is 51.3 Å². The topological polar surface area (TPSA) is 261 Å². The summed E-state index contributed by atoms with van der Waals surface area (Å²) in [6, 6.07) is 4.14. The number of amides is 4. The maximum Gasteiger partial charge on any atom is 0.407 e. The van der Waals surface area contributed by atoms with Crippen molar-refractivity contribution in [3.8, 4) is 23.5 Å². The summed E-state index contributed by atoms with van der Waals surface area (Å²) in [6.45, 7) is 9.44. The number of hydrogen-bond acceptors (Lipinski definition) is 14. The summed E-state index contributed by atoms with van der Waals surface area (Å²) in [5.74, 6) is -6.01. The van der Waals surface area contributed by atoms with Crippen LogP contribution in [0.4, 0.5) is 9.59 Å². The Morgan fingerprint density at radius 2 is 0.925 bits per heavy atom. The summed E-state index contributed by atoms with van der Waals surface area (Å²) in [5.41, 5.74) is -1.38. The van der Waals surface area contributed by atoms with E-state index in [2.05, 4.69) is 10.6 Å². The Morgan fingerprint density at radius 3 is 1.26 bits per heavy atom. The third-order valence-corrected chi connectivity index (χ3v) is 6.65. The summed E-state index contributed by atoms with van der Waals surface area (Å²) in [7, 11) is 0. The molecule has 2 aromatic rings. The molecule has 0 saturated carbocycles. The monoisotopic (exact) mass is 754 g/mol. The lowest BCUT2D eigenvalue weighted by molar-refractivity contribution is -0.156. The Hall–Kier alpha value is -5.82. The minimum atomic E-state index is -1.18. The van der Waals surface area contributed by atoms with Gasteiger partial charge in [0.05, 0.1) is 0 Å². The van der Waals surface area contributed by atoms with Gasteiger partial charge in [-0.25, -0.2) is 19.2 Å². The lowest BCUT2D eigenvalue weighted by atomic mass is 10.2. The van der Waals surface area contributed by atoms with Crippen molar-refractivity contribution in [3.63, 3.8) is 0 Å². The fraction of sp³-hybridized carbons (Fsp3) is 0.576. The van der Waals surface area contributed by atoms with Gasteiger partial charge in [0.2, 0.25) is 35.3 Å². The predicted molar refractivity (Wildman–Crippen MR) is 183 cm³/mol. The van der Waals surface area contributed by atoms with Crippen LogP contribution >= 0.6 is 0 Å². The predicted octanol–water partition coefficient (Wildman–Crippen LogP) is 1.38. The van der Waals surface area contributed by atoms with Crippen molar-refractivity contribution in [2.45, 2.75) is 84.8 Å². The molecule has 53 heavy (non-hydrogen) atoms. The van der Waals surface area contributed by atoms with E-state index < -0.39 is 77.8 Å². The molecule has 4 amide bonds. The molecule has 0 bridgehead atoms.